The Bertz CT molecular complexity index is 463. The second-order valence-corrected chi connectivity index (χ2v) is 14.2. The highest BCUT2D eigenvalue weighted by molar-refractivity contribution is 4.70. The van der Waals surface area contributed by atoms with Crippen LogP contribution in [-0.2, 0) is 0 Å². The minimum atomic E-state index is -0.248. The Morgan fingerprint density at radius 2 is 0.558 bits per heavy atom. The molecule has 0 aliphatic carbocycles. The summed E-state index contributed by atoms with van der Waals surface area (Å²) in [7, 11) is 0. The average Bonchev–Trinajstić information content (AvgIpc) is 3.00. The van der Waals surface area contributed by atoms with Gasteiger partial charge in [-0.1, -0.05) is 207 Å². The topological polar surface area (TPSA) is 43.7 Å². The second-order valence-electron chi connectivity index (χ2n) is 14.2. The number of aliphatic hydroxyl groups excluding tert-OH is 2. The molecule has 0 amide bonds. The maximum absolute atomic E-state index is 10.8. The van der Waals surface area contributed by atoms with E-state index in [1.165, 1.54) is 180 Å². The van der Waals surface area contributed by atoms with Crippen molar-refractivity contribution in [3.8, 4) is 0 Å². The Hall–Kier alpha value is -0.120. The van der Waals surface area contributed by atoms with Crippen molar-refractivity contribution in [3.63, 3.8) is 0 Å². The van der Waals surface area contributed by atoms with E-state index >= 15 is 0 Å². The van der Waals surface area contributed by atoms with Crippen molar-refractivity contribution in [1.29, 1.82) is 0 Å². The summed E-state index contributed by atoms with van der Waals surface area (Å²) in [5.41, 5.74) is 0. The number of hydrogen-bond acceptors (Lipinski definition) is 3. The summed E-state index contributed by atoms with van der Waals surface area (Å²) in [5.74, 6) is 0. The number of unbranched alkanes of at least 4 members (excludes halogenated alkanes) is 27. The van der Waals surface area contributed by atoms with Crippen LogP contribution >= 0.6 is 0 Å². The van der Waals surface area contributed by atoms with Crippen LogP contribution in [0.15, 0.2) is 0 Å². The Kier molecular flexibility index (Phi) is 36.2. The summed E-state index contributed by atoms with van der Waals surface area (Å²) in [6, 6.07) is 0. The first kappa shape index (κ1) is 42.9. The lowest BCUT2D eigenvalue weighted by Crippen LogP contribution is -2.38. The smallest absolute Gasteiger partial charge is 0.0667 e. The van der Waals surface area contributed by atoms with Crippen molar-refractivity contribution >= 4 is 0 Å². The molecule has 0 bridgehead atoms. The van der Waals surface area contributed by atoms with Gasteiger partial charge in [0.1, 0.15) is 0 Å². The molecule has 0 saturated carbocycles. The molecule has 0 rings (SSSR count). The van der Waals surface area contributed by atoms with Crippen molar-refractivity contribution in [2.24, 2.45) is 0 Å². The Labute approximate surface area is 272 Å². The van der Waals surface area contributed by atoms with Gasteiger partial charge in [-0.2, -0.15) is 0 Å². The molecule has 0 radical (unpaired) electrons. The summed E-state index contributed by atoms with van der Waals surface area (Å²) in [6.45, 7) is 9.36. The third-order valence-electron chi connectivity index (χ3n) is 9.55. The molecule has 0 aromatic heterocycles. The van der Waals surface area contributed by atoms with E-state index < -0.39 is 0 Å². The van der Waals surface area contributed by atoms with E-state index in [0.717, 1.165) is 45.3 Å². The standard InChI is InChI=1S/C40H83NO2/c1-4-7-10-13-16-18-20-22-24-26-28-31-34-39(42)37-41(36-33-30-15-12-9-6-3)38-40(43)35-32-29-27-25-23-21-19-17-14-11-8-5-2/h39-40,42-43H,4-38H2,1-3H3. The fraction of sp³-hybridized carbons (Fsp3) is 1.00. The quantitative estimate of drug-likeness (QED) is 0.0689. The molecule has 2 unspecified atom stereocenters. The van der Waals surface area contributed by atoms with E-state index in [-0.39, 0.29) is 12.2 Å². The molecule has 0 saturated heterocycles. The number of rotatable bonds is 37. The van der Waals surface area contributed by atoms with Crippen LogP contribution in [0.3, 0.4) is 0 Å². The van der Waals surface area contributed by atoms with Gasteiger partial charge in [-0.15, -0.1) is 0 Å². The Balaban J connectivity index is 4.04. The minimum absolute atomic E-state index is 0.248. The molecule has 2 N–H and O–H groups in total. The highest BCUT2D eigenvalue weighted by Gasteiger charge is 2.15. The predicted molar refractivity (Wildman–Crippen MR) is 193 cm³/mol. The van der Waals surface area contributed by atoms with Crippen molar-refractivity contribution in [2.75, 3.05) is 19.6 Å². The fourth-order valence-corrected chi connectivity index (χ4v) is 6.59. The van der Waals surface area contributed by atoms with E-state index in [2.05, 4.69) is 25.7 Å². The summed E-state index contributed by atoms with van der Waals surface area (Å²) < 4.78 is 0. The highest BCUT2D eigenvalue weighted by atomic mass is 16.3. The maximum Gasteiger partial charge on any atom is 0.0667 e. The molecule has 43 heavy (non-hydrogen) atoms. The van der Waals surface area contributed by atoms with E-state index in [0.29, 0.717) is 0 Å². The largest absolute Gasteiger partial charge is 0.392 e. The van der Waals surface area contributed by atoms with Gasteiger partial charge in [-0.05, 0) is 25.8 Å². The molecule has 0 aromatic rings. The number of nitrogens with zero attached hydrogens (tertiary/aromatic N) is 1. The van der Waals surface area contributed by atoms with Gasteiger partial charge in [-0.25, -0.2) is 0 Å². The average molecular weight is 610 g/mol. The van der Waals surface area contributed by atoms with Crippen LogP contribution in [-0.4, -0.2) is 47.0 Å². The van der Waals surface area contributed by atoms with E-state index in [9.17, 15) is 10.2 Å². The molecule has 0 aromatic carbocycles. The van der Waals surface area contributed by atoms with E-state index in [4.69, 9.17) is 0 Å². The van der Waals surface area contributed by atoms with Crippen LogP contribution in [0.25, 0.3) is 0 Å². The van der Waals surface area contributed by atoms with Gasteiger partial charge in [0.25, 0.3) is 0 Å². The summed E-state index contributed by atoms with van der Waals surface area (Å²) >= 11 is 0. The molecule has 2 atom stereocenters. The van der Waals surface area contributed by atoms with Gasteiger partial charge < -0.3 is 10.2 Å². The lowest BCUT2D eigenvalue weighted by molar-refractivity contribution is 0.0596. The van der Waals surface area contributed by atoms with E-state index in [1.807, 2.05) is 0 Å². The van der Waals surface area contributed by atoms with Crippen LogP contribution in [0.5, 0.6) is 0 Å². The monoisotopic (exact) mass is 610 g/mol. The third-order valence-corrected chi connectivity index (χ3v) is 9.55. The zero-order valence-corrected chi connectivity index (χ0v) is 30.2. The zero-order valence-electron chi connectivity index (χ0n) is 30.2. The van der Waals surface area contributed by atoms with Gasteiger partial charge in [0.2, 0.25) is 0 Å². The van der Waals surface area contributed by atoms with Crippen molar-refractivity contribution < 1.29 is 10.2 Å². The van der Waals surface area contributed by atoms with Gasteiger partial charge >= 0.3 is 0 Å². The van der Waals surface area contributed by atoms with Crippen molar-refractivity contribution in [1.82, 2.24) is 4.90 Å². The molecule has 3 nitrogen and oxygen atoms in total. The molecule has 0 aliphatic rings. The van der Waals surface area contributed by atoms with Crippen LogP contribution < -0.4 is 0 Å². The third kappa shape index (κ3) is 34.6. The summed E-state index contributed by atoms with van der Waals surface area (Å²) in [4.78, 5) is 2.39. The molecular formula is C40H83NO2. The number of hydrogen-bond donors (Lipinski definition) is 2. The number of aliphatic hydroxyl groups is 2. The fourth-order valence-electron chi connectivity index (χ4n) is 6.59. The highest BCUT2D eigenvalue weighted by Crippen LogP contribution is 2.16. The van der Waals surface area contributed by atoms with Gasteiger partial charge in [0, 0.05) is 13.1 Å². The first-order chi connectivity index (χ1) is 21.1. The summed E-state index contributed by atoms with van der Waals surface area (Å²) in [5, 5.41) is 21.7. The normalized spacial score (nSPS) is 13.3. The maximum atomic E-state index is 10.8. The van der Waals surface area contributed by atoms with Gasteiger partial charge in [-0.3, -0.25) is 4.90 Å². The van der Waals surface area contributed by atoms with Crippen LogP contribution in [0.1, 0.15) is 226 Å². The Morgan fingerprint density at radius 3 is 0.837 bits per heavy atom. The summed E-state index contributed by atoms with van der Waals surface area (Å²) in [6.07, 6.45) is 41.8. The zero-order chi connectivity index (χ0) is 31.5. The molecule has 0 aliphatic heterocycles. The minimum Gasteiger partial charge on any atom is -0.392 e. The van der Waals surface area contributed by atoms with Crippen molar-refractivity contribution in [2.45, 2.75) is 238 Å². The molecule has 0 fully saturated rings. The van der Waals surface area contributed by atoms with Crippen molar-refractivity contribution in [3.05, 3.63) is 0 Å². The predicted octanol–water partition coefficient (Wildman–Crippen LogP) is 12.6. The van der Waals surface area contributed by atoms with E-state index in [1.54, 1.807) is 0 Å². The van der Waals surface area contributed by atoms with Crippen LogP contribution in [0.2, 0.25) is 0 Å². The van der Waals surface area contributed by atoms with Gasteiger partial charge in [0.05, 0.1) is 12.2 Å². The van der Waals surface area contributed by atoms with Crippen LogP contribution in [0.4, 0.5) is 0 Å². The second kappa shape index (κ2) is 36.3. The molecule has 3 heteroatoms. The first-order valence-electron chi connectivity index (χ1n) is 20.2. The lowest BCUT2D eigenvalue weighted by atomic mass is 10.0. The first-order valence-corrected chi connectivity index (χ1v) is 20.2. The Morgan fingerprint density at radius 1 is 0.326 bits per heavy atom. The molecule has 0 heterocycles. The van der Waals surface area contributed by atoms with Gasteiger partial charge in [0.15, 0.2) is 0 Å². The van der Waals surface area contributed by atoms with Crippen LogP contribution in [0, 0.1) is 0 Å². The SMILES string of the molecule is CCCCCCCCCCCCCCC(O)CN(CCCCCCCC)CC(O)CCCCCCCCCCCCCC. The lowest BCUT2D eigenvalue weighted by Gasteiger charge is -2.27. The molecule has 0 spiro atoms. The molecule has 260 valence electrons. The molecular weight excluding hydrogens is 526 g/mol.